The van der Waals surface area contributed by atoms with E-state index in [0.29, 0.717) is 31.0 Å². The first kappa shape index (κ1) is 32.3. The SMILES string of the molecule is CN(C)[C@H]1CC[C@H](Oc2nc(Nc3ccc(N4CCN(C(=O)OC(C)(C)C)CC4)cc3)nc3sc4c(c23)C(CC(=O)O)CC4)CC1. The Labute approximate surface area is 274 Å². The summed E-state index contributed by atoms with van der Waals surface area (Å²) < 4.78 is 12.2. The second kappa shape index (κ2) is 13.2. The summed E-state index contributed by atoms with van der Waals surface area (Å²) in [6.45, 7) is 8.34. The fourth-order valence-electron chi connectivity index (χ4n) is 6.85. The number of carboxylic acid groups (broad SMARTS) is 1. The second-order valence-electron chi connectivity index (χ2n) is 13.9. The van der Waals surface area contributed by atoms with Crippen molar-refractivity contribution in [2.24, 2.45) is 0 Å². The van der Waals surface area contributed by atoms with Gasteiger partial charge in [0, 0.05) is 48.5 Å². The molecule has 0 bridgehead atoms. The molecule has 2 aliphatic carbocycles. The molecule has 46 heavy (non-hydrogen) atoms. The van der Waals surface area contributed by atoms with Gasteiger partial charge in [-0.15, -0.1) is 11.3 Å². The standard InChI is InChI=1S/C34H46N6O5S/c1-34(2,3)45-33(43)40-18-16-39(17-19-40)24-9-7-22(8-10-24)35-32-36-30(44-25-13-11-23(12-14-25)38(4)5)29-28-21(20-27(41)42)6-15-26(28)46-31(29)37-32/h7-10,21,23,25H,6,11-20H2,1-5H3,(H,41,42)(H,35,36,37)/t21?,23-,25-. The highest BCUT2D eigenvalue weighted by molar-refractivity contribution is 7.19. The van der Waals surface area contributed by atoms with Crippen molar-refractivity contribution in [1.29, 1.82) is 0 Å². The first-order valence-corrected chi connectivity index (χ1v) is 17.2. The zero-order valence-corrected chi connectivity index (χ0v) is 28.4. The molecule has 1 saturated carbocycles. The number of ether oxygens (including phenoxy) is 2. The van der Waals surface area contributed by atoms with Gasteiger partial charge in [0.15, 0.2) is 0 Å². The van der Waals surface area contributed by atoms with Crippen LogP contribution >= 0.6 is 11.3 Å². The van der Waals surface area contributed by atoms with Crippen LogP contribution in [0.3, 0.4) is 0 Å². The van der Waals surface area contributed by atoms with Crippen LogP contribution < -0.4 is 15.0 Å². The zero-order valence-electron chi connectivity index (χ0n) is 27.5. The predicted octanol–water partition coefficient (Wildman–Crippen LogP) is 6.25. The summed E-state index contributed by atoms with van der Waals surface area (Å²) in [5.41, 5.74) is 2.51. The van der Waals surface area contributed by atoms with Crippen molar-refractivity contribution < 1.29 is 24.2 Å². The molecule has 2 aromatic heterocycles. The number of piperazine rings is 1. The first-order valence-electron chi connectivity index (χ1n) is 16.4. The number of carboxylic acids is 1. The normalized spacial score (nSPS) is 21.8. The highest BCUT2D eigenvalue weighted by Crippen LogP contribution is 2.48. The Hall–Kier alpha value is -3.64. The number of nitrogens with one attached hydrogen (secondary N) is 1. The Morgan fingerprint density at radius 1 is 1.02 bits per heavy atom. The molecule has 3 aromatic rings. The third kappa shape index (κ3) is 7.33. The van der Waals surface area contributed by atoms with Gasteiger partial charge in [-0.05, 0) is 109 Å². The van der Waals surface area contributed by atoms with Gasteiger partial charge in [-0.25, -0.2) is 9.78 Å². The molecule has 0 spiro atoms. The fraction of sp³-hybridized carbons (Fsp3) is 0.588. The van der Waals surface area contributed by atoms with Crippen LogP contribution in [0.1, 0.15) is 75.7 Å². The lowest BCUT2D eigenvalue weighted by atomic mass is 9.92. The van der Waals surface area contributed by atoms with Crippen LogP contribution in [0.4, 0.5) is 22.1 Å². The van der Waals surface area contributed by atoms with Crippen LogP contribution in [0.25, 0.3) is 10.2 Å². The fourth-order valence-corrected chi connectivity index (χ4v) is 8.12. The predicted molar refractivity (Wildman–Crippen MR) is 181 cm³/mol. The maximum Gasteiger partial charge on any atom is 0.410 e. The minimum atomic E-state index is -0.783. The maximum absolute atomic E-state index is 12.5. The number of hydrogen-bond acceptors (Lipinski definition) is 10. The van der Waals surface area contributed by atoms with Gasteiger partial charge in [-0.3, -0.25) is 4.79 Å². The van der Waals surface area contributed by atoms with Crippen molar-refractivity contribution in [3.05, 3.63) is 34.7 Å². The summed E-state index contributed by atoms with van der Waals surface area (Å²) in [6, 6.07) is 8.74. The van der Waals surface area contributed by atoms with E-state index in [2.05, 4.69) is 41.3 Å². The lowest BCUT2D eigenvalue weighted by Gasteiger charge is -2.36. The van der Waals surface area contributed by atoms with Gasteiger partial charge in [0.25, 0.3) is 0 Å². The minimum Gasteiger partial charge on any atom is -0.481 e. The maximum atomic E-state index is 12.5. The number of benzene rings is 1. The van der Waals surface area contributed by atoms with E-state index in [-0.39, 0.29) is 24.5 Å². The number of rotatable bonds is 8. The topological polar surface area (TPSA) is 120 Å². The number of anilines is 3. The molecule has 1 saturated heterocycles. The molecule has 248 valence electrons. The van der Waals surface area contributed by atoms with E-state index in [0.717, 1.165) is 78.8 Å². The highest BCUT2D eigenvalue weighted by atomic mass is 32.1. The Morgan fingerprint density at radius 2 is 1.72 bits per heavy atom. The minimum absolute atomic E-state index is 0.0472. The van der Waals surface area contributed by atoms with Gasteiger partial charge in [0.2, 0.25) is 11.8 Å². The van der Waals surface area contributed by atoms with Crippen molar-refractivity contribution in [2.75, 3.05) is 50.5 Å². The highest BCUT2D eigenvalue weighted by Gasteiger charge is 2.33. The van der Waals surface area contributed by atoms with E-state index in [4.69, 9.17) is 19.4 Å². The molecule has 12 heteroatoms. The van der Waals surface area contributed by atoms with E-state index in [9.17, 15) is 14.7 Å². The number of carbonyl (C=O) groups excluding carboxylic acids is 1. The lowest BCUT2D eigenvalue weighted by molar-refractivity contribution is -0.137. The van der Waals surface area contributed by atoms with Crippen LogP contribution in [0.5, 0.6) is 5.88 Å². The quantitative estimate of drug-likeness (QED) is 0.290. The molecule has 1 amide bonds. The molecule has 1 atom stereocenters. The molecule has 2 fully saturated rings. The van der Waals surface area contributed by atoms with Crippen molar-refractivity contribution in [3.63, 3.8) is 0 Å². The average Bonchev–Trinajstić information content (AvgIpc) is 3.56. The average molecular weight is 651 g/mol. The van der Waals surface area contributed by atoms with Crippen molar-refractivity contribution in [2.45, 2.75) is 89.4 Å². The molecular weight excluding hydrogens is 604 g/mol. The summed E-state index contributed by atoms with van der Waals surface area (Å²) in [6.07, 6.45) is 5.65. The molecule has 6 rings (SSSR count). The number of hydrogen-bond donors (Lipinski definition) is 2. The molecule has 1 aliphatic heterocycles. The first-order chi connectivity index (χ1) is 21.9. The van der Waals surface area contributed by atoms with Gasteiger partial charge >= 0.3 is 12.1 Å². The smallest absolute Gasteiger partial charge is 0.410 e. The van der Waals surface area contributed by atoms with Gasteiger partial charge in [0.1, 0.15) is 16.5 Å². The monoisotopic (exact) mass is 650 g/mol. The summed E-state index contributed by atoms with van der Waals surface area (Å²) in [4.78, 5) is 42.3. The van der Waals surface area contributed by atoms with E-state index >= 15 is 0 Å². The van der Waals surface area contributed by atoms with Gasteiger partial charge < -0.3 is 34.6 Å². The molecule has 11 nitrogen and oxygen atoms in total. The van der Waals surface area contributed by atoms with Crippen molar-refractivity contribution in [3.8, 4) is 5.88 Å². The molecule has 1 aromatic carbocycles. The summed E-state index contributed by atoms with van der Waals surface area (Å²) >= 11 is 1.63. The Balaban J connectivity index is 1.18. The molecule has 0 radical (unpaired) electrons. The number of thiophene rings is 1. The summed E-state index contributed by atoms with van der Waals surface area (Å²) in [5.74, 6) is 0.205. The van der Waals surface area contributed by atoms with Crippen molar-refractivity contribution >= 4 is 50.9 Å². The number of nitrogens with zero attached hydrogens (tertiary/aromatic N) is 5. The number of amides is 1. The van der Waals surface area contributed by atoms with E-state index in [1.165, 1.54) is 4.88 Å². The van der Waals surface area contributed by atoms with Crippen LogP contribution in [-0.2, 0) is 16.0 Å². The largest absolute Gasteiger partial charge is 0.481 e. The van der Waals surface area contributed by atoms with Crippen molar-refractivity contribution in [1.82, 2.24) is 19.8 Å². The third-order valence-electron chi connectivity index (χ3n) is 9.25. The number of aliphatic carboxylic acids is 1. The van der Waals surface area contributed by atoms with E-state index < -0.39 is 11.6 Å². The Bertz CT molecular complexity index is 1550. The number of fused-ring (bicyclic) bond motifs is 3. The Kier molecular flexibility index (Phi) is 9.29. The van der Waals surface area contributed by atoms with Gasteiger partial charge in [-0.2, -0.15) is 4.98 Å². The van der Waals surface area contributed by atoms with Crippen LogP contribution in [-0.4, -0.2) is 95.0 Å². The third-order valence-corrected chi connectivity index (χ3v) is 10.4. The Morgan fingerprint density at radius 3 is 2.35 bits per heavy atom. The number of aryl methyl sites for hydroxylation is 1. The number of aromatic nitrogens is 2. The van der Waals surface area contributed by atoms with Gasteiger partial charge in [-0.1, -0.05) is 0 Å². The molecule has 3 heterocycles. The second-order valence-corrected chi connectivity index (χ2v) is 15.0. The van der Waals surface area contributed by atoms with E-state index in [1.807, 2.05) is 32.9 Å². The summed E-state index contributed by atoms with van der Waals surface area (Å²) in [7, 11) is 4.27. The lowest BCUT2D eigenvalue weighted by Crippen LogP contribution is -2.50. The molecular formula is C34H46N6O5S. The zero-order chi connectivity index (χ0) is 32.6. The number of carbonyl (C=O) groups is 2. The molecule has 1 unspecified atom stereocenters. The molecule has 2 N–H and O–H groups in total. The van der Waals surface area contributed by atoms with Crippen LogP contribution in [0.2, 0.25) is 0 Å². The van der Waals surface area contributed by atoms with Gasteiger partial charge in [0.05, 0.1) is 11.8 Å². The molecule has 3 aliphatic rings. The van der Waals surface area contributed by atoms with Crippen LogP contribution in [0.15, 0.2) is 24.3 Å². The van der Waals surface area contributed by atoms with E-state index in [1.54, 1.807) is 16.2 Å². The van der Waals surface area contributed by atoms with Crippen LogP contribution in [0, 0.1) is 0 Å². The summed E-state index contributed by atoms with van der Waals surface area (Å²) in [5, 5.41) is 13.9.